The van der Waals surface area contributed by atoms with Gasteiger partial charge in [0, 0.05) is 17.8 Å². The molecule has 52 heavy (non-hydrogen) atoms. The Morgan fingerprint density at radius 2 is 1.40 bits per heavy atom. The van der Waals surface area contributed by atoms with Gasteiger partial charge in [0.05, 0.1) is 39.5 Å². The van der Waals surface area contributed by atoms with Crippen LogP contribution in [0.1, 0.15) is 15.9 Å². The Morgan fingerprint density at radius 1 is 0.731 bits per heavy atom. The van der Waals surface area contributed by atoms with Gasteiger partial charge in [-0.25, -0.2) is 38.5 Å². The molecule has 258 valence electrons. The fraction of sp³-hybridized carbons (Fsp3) is 0.0286. The zero-order chi connectivity index (χ0) is 36.0. The maximum Gasteiger partial charge on any atom is 0.324 e. The first-order chi connectivity index (χ1) is 25.3. The van der Waals surface area contributed by atoms with E-state index in [1.54, 1.807) is 64.2 Å². The molecule has 0 bridgehead atoms. The highest BCUT2D eigenvalue weighted by Crippen LogP contribution is 2.22. The number of urea groups is 1. The van der Waals surface area contributed by atoms with Gasteiger partial charge in [-0.1, -0.05) is 18.2 Å². The molecule has 7 N–H and O–H groups in total. The van der Waals surface area contributed by atoms with Crippen LogP contribution >= 0.6 is 11.3 Å². The molecule has 0 radical (unpaired) electrons. The third-order valence-electron chi connectivity index (χ3n) is 7.62. The van der Waals surface area contributed by atoms with Crippen LogP contribution in [0.2, 0.25) is 0 Å². The summed E-state index contributed by atoms with van der Waals surface area (Å²) in [5.41, 5.74) is 16.1. The summed E-state index contributed by atoms with van der Waals surface area (Å²) in [5.74, 6) is 0.123. The van der Waals surface area contributed by atoms with E-state index in [1.807, 2.05) is 35.7 Å². The zero-order valence-electron chi connectivity index (χ0n) is 27.0. The van der Waals surface area contributed by atoms with Crippen molar-refractivity contribution in [2.24, 2.45) is 0 Å². The maximum atomic E-state index is 13.2. The second-order valence-corrected chi connectivity index (χ2v) is 12.0. The average molecular weight is 714 g/mol. The number of hydrogen-bond donors (Lipinski definition) is 5. The van der Waals surface area contributed by atoms with E-state index in [9.17, 15) is 14.0 Å². The monoisotopic (exact) mass is 713 g/mol. The lowest BCUT2D eigenvalue weighted by Gasteiger charge is -2.08. The highest BCUT2D eigenvalue weighted by molar-refractivity contribution is 7.14. The van der Waals surface area contributed by atoms with Crippen molar-refractivity contribution < 1.29 is 14.0 Å². The summed E-state index contributed by atoms with van der Waals surface area (Å²) in [6, 6.07) is 23.7. The molecule has 15 nitrogen and oxygen atoms in total. The Balaban J connectivity index is 0.000000162. The molecule has 0 spiro atoms. The summed E-state index contributed by atoms with van der Waals surface area (Å²) < 4.78 is 16.5. The quantitative estimate of drug-likeness (QED) is 0.139. The van der Waals surface area contributed by atoms with E-state index < -0.39 is 0 Å². The normalized spacial score (nSPS) is 10.8. The lowest BCUT2D eigenvalue weighted by molar-refractivity contribution is 0.0950. The molecular weight excluding hydrogens is 686 g/mol. The number of halogens is 1. The van der Waals surface area contributed by atoms with Crippen LogP contribution in [0.5, 0.6) is 0 Å². The molecule has 0 aliphatic rings. The van der Waals surface area contributed by atoms with Crippen LogP contribution in [-0.2, 0) is 6.54 Å². The smallest absolute Gasteiger partial charge is 0.324 e. The van der Waals surface area contributed by atoms with Crippen LogP contribution in [0.25, 0.3) is 33.4 Å². The van der Waals surface area contributed by atoms with Crippen molar-refractivity contribution in [3.63, 3.8) is 0 Å². The Labute approximate surface area is 298 Å². The first kappa shape index (κ1) is 33.2. The number of carbonyl (C=O) groups excluding carboxylic acids is 2. The molecule has 3 amide bonds. The van der Waals surface area contributed by atoms with Gasteiger partial charge in [-0.3, -0.25) is 10.1 Å². The first-order valence-electron chi connectivity index (χ1n) is 15.6. The highest BCUT2D eigenvalue weighted by Gasteiger charge is 2.13. The predicted molar refractivity (Wildman–Crippen MR) is 197 cm³/mol. The van der Waals surface area contributed by atoms with Crippen LogP contribution < -0.4 is 27.4 Å². The molecule has 0 atom stereocenters. The summed E-state index contributed by atoms with van der Waals surface area (Å²) in [6.07, 6.45) is 5.98. The van der Waals surface area contributed by atoms with Gasteiger partial charge in [-0.2, -0.15) is 10.2 Å². The fourth-order valence-corrected chi connectivity index (χ4v) is 5.73. The van der Waals surface area contributed by atoms with Gasteiger partial charge in [0.25, 0.3) is 5.91 Å². The molecule has 0 aliphatic carbocycles. The lowest BCUT2D eigenvalue weighted by Crippen LogP contribution is -2.23. The number of thiophene rings is 1. The standard InChI is InChI=1S/C19H15FN6O.C16H13N7OS/c20-14-5-1-3-12(7-14)9-22-19(27)13-4-2-6-15(8-13)26-18-16(10-25-26)17(21)23-11-24-18;17-14-12-8-20-23(15(12)19-9-18-14)11-5-3-10(4-6-11)21-16(24)22-13-2-1-7-25-13/h1-8,10-11H,9H2,(H,22,27)(H2,21,23,24);1-9H,(H2,17,18,19)(H2,21,22,24). The molecule has 8 aromatic rings. The van der Waals surface area contributed by atoms with E-state index in [4.69, 9.17) is 11.5 Å². The highest BCUT2D eigenvalue weighted by atomic mass is 32.1. The van der Waals surface area contributed by atoms with Gasteiger partial charge in [-0.05, 0) is 77.7 Å². The van der Waals surface area contributed by atoms with Gasteiger partial charge in [0.1, 0.15) is 30.1 Å². The third-order valence-corrected chi connectivity index (χ3v) is 8.40. The van der Waals surface area contributed by atoms with Gasteiger partial charge < -0.3 is 22.1 Å². The van der Waals surface area contributed by atoms with Crippen LogP contribution in [0.15, 0.2) is 115 Å². The summed E-state index contributed by atoms with van der Waals surface area (Å²) in [6.45, 7) is 0.231. The number of fused-ring (bicyclic) bond motifs is 2. The number of anilines is 4. The molecule has 0 aliphatic heterocycles. The SMILES string of the molecule is Nc1ncnc2c1cnn2-c1ccc(NC(=O)Nc2cccs2)cc1.Nc1ncnc2c1cnn2-c1cccc(C(=O)NCc2cccc(F)c2)c1. The number of nitrogens with zero attached hydrogens (tertiary/aromatic N) is 8. The molecule has 5 aromatic heterocycles. The fourth-order valence-electron chi connectivity index (χ4n) is 5.12. The summed E-state index contributed by atoms with van der Waals surface area (Å²) in [7, 11) is 0. The third kappa shape index (κ3) is 7.33. The van der Waals surface area contributed by atoms with Crippen molar-refractivity contribution in [2.75, 3.05) is 22.1 Å². The number of nitrogens with two attached hydrogens (primary N) is 2. The molecule has 5 heterocycles. The van der Waals surface area contributed by atoms with Crippen LogP contribution in [0.4, 0.5) is 31.5 Å². The molecular formula is C35H28FN13O2S. The van der Waals surface area contributed by atoms with Crippen molar-refractivity contribution in [3.8, 4) is 11.4 Å². The molecule has 0 saturated heterocycles. The van der Waals surface area contributed by atoms with Gasteiger partial charge in [-0.15, -0.1) is 11.3 Å². The number of rotatable bonds is 7. The summed E-state index contributed by atoms with van der Waals surface area (Å²) in [5, 5.41) is 20.9. The van der Waals surface area contributed by atoms with E-state index in [1.165, 1.54) is 36.1 Å². The largest absolute Gasteiger partial charge is 0.383 e. The van der Waals surface area contributed by atoms with Crippen molar-refractivity contribution >= 4 is 67.7 Å². The molecule has 0 unspecified atom stereocenters. The number of aromatic nitrogens is 8. The molecule has 3 aromatic carbocycles. The topological polar surface area (TPSA) is 209 Å². The number of benzene rings is 3. The summed E-state index contributed by atoms with van der Waals surface area (Å²) in [4.78, 5) is 40.7. The predicted octanol–water partition coefficient (Wildman–Crippen LogP) is 5.57. The molecule has 0 saturated carbocycles. The molecule has 8 rings (SSSR count). The van der Waals surface area contributed by atoms with E-state index in [0.29, 0.717) is 56.2 Å². The van der Waals surface area contributed by atoms with Crippen molar-refractivity contribution in [1.29, 1.82) is 0 Å². The maximum absolute atomic E-state index is 13.2. The second kappa shape index (κ2) is 14.7. The minimum atomic E-state index is -0.337. The Hall–Kier alpha value is -7.27. The number of nitrogen functional groups attached to an aromatic ring is 2. The van der Waals surface area contributed by atoms with E-state index in [-0.39, 0.29) is 24.3 Å². The van der Waals surface area contributed by atoms with Crippen LogP contribution in [0, 0.1) is 5.82 Å². The van der Waals surface area contributed by atoms with Crippen molar-refractivity contribution in [3.05, 3.63) is 132 Å². The first-order valence-corrected chi connectivity index (χ1v) is 16.4. The lowest BCUT2D eigenvalue weighted by atomic mass is 10.1. The van der Waals surface area contributed by atoms with Gasteiger partial charge in [0.2, 0.25) is 0 Å². The minimum absolute atomic E-state index is 0.231. The number of amides is 3. The Kier molecular flexibility index (Phi) is 9.39. The number of hydrogen-bond acceptors (Lipinski definition) is 11. The summed E-state index contributed by atoms with van der Waals surface area (Å²) >= 11 is 1.46. The Morgan fingerprint density at radius 3 is 2.06 bits per heavy atom. The number of carbonyl (C=O) groups is 2. The average Bonchev–Trinajstić information content (AvgIpc) is 3.93. The Bertz CT molecular complexity index is 2520. The minimum Gasteiger partial charge on any atom is -0.383 e. The molecule has 0 fully saturated rings. The van der Waals surface area contributed by atoms with Gasteiger partial charge in [0.15, 0.2) is 11.3 Å². The van der Waals surface area contributed by atoms with E-state index in [0.717, 1.165) is 10.7 Å². The molecule has 17 heteroatoms. The van der Waals surface area contributed by atoms with E-state index >= 15 is 0 Å². The second-order valence-electron chi connectivity index (χ2n) is 11.1. The number of nitrogens with one attached hydrogen (secondary N) is 3. The van der Waals surface area contributed by atoms with Crippen molar-refractivity contribution in [2.45, 2.75) is 6.54 Å². The zero-order valence-corrected chi connectivity index (χ0v) is 27.8. The van der Waals surface area contributed by atoms with Gasteiger partial charge >= 0.3 is 6.03 Å². The van der Waals surface area contributed by atoms with Crippen LogP contribution in [0.3, 0.4) is 0 Å². The van der Waals surface area contributed by atoms with Crippen molar-refractivity contribution in [1.82, 2.24) is 44.8 Å². The van der Waals surface area contributed by atoms with Crippen LogP contribution in [-0.4, -0.2) is 51.4 Å². The van der Waals surface area contributed by atoms with E-state index in [2.05, 4.69) is 46.1 Å².